The highest BCUT2D eigenvalue weighted by Gasteiger charge is 2.32. The van der Waals surface area contributed by atoms with Crippen molar-refractivity contribution in [2.24, 2.45) is 5.92 Å². The molecule has 0 aliphatic carbocycles. The summed E-state index contributed by atoms with van der Waals surface area (Å²) in [5.41, 5.74) is 0. The van der Waals surface area contributed by atoms with Crippen LogP contribution in [0.4, 0.5) is 0 Å². The van der Waals surface area contributed by atoms with Crippen LogP contribution >= 0.6 is 0 Å². The Bertz CT molecular complexity index is 308. The summed E-state index contributed by atoms with van der Waals surface area (Å²) in [7, 11) is -3.50. The Morgan fingerprint density at radius 1 is 1.31 bits per heavy atom. The summed E-state index contributed by atoms with van der Waals surface area (Å²) in [5, 5.41) is 7.72. The maximum Gasteiger partial charge on any atom is 0.321 e. The highest BCUT2D eigenvalue weighted by Crippen LogP contribution is 2.16. The molecule has 1 N–H and O–H groups in total. The summed E-state index contributed by atoms with van der Waals surface area (Å²) in [6.07, 6.45) is 2.42. The summed E-state index contributed by atoms with van der Waals surface area (Å²) in [4.78, 5) is 10.9. The molecule has 5 heteroatoms. The Morgan fingerprint density at radius 3 is 2.25 bits per heavy atom. The summed E-state index contributed by atoms with van der Waals surface area (Å²) < 4.78 is 23.7. The van der Waals surface area contributed by atoms with Gasteiger partial charge < -0.3 is 5.11 Å². The van der Waals surface area contributed by atoms with Crippen LogP contribution in [-0.2, 0) is 14.6 Å². The van der Waals surface area contributed by atoms with E-state index in [0.29, 0.717) is 6.42 Å². The monoisotopic (exact) mass is 250 g/mol. The van der Waals surface area contributed by atoms with E-state index in [-0.39, 0.29) is 18.1 Å². The molecule has 0 amide bonds. The quantitative estimate of drug-likeness (QED) is 0.716. The fraction of sp³-hybridized carbons (Fsp3) is 0.909. The highest BCUT2D eigenvalue weighted by atomic mass is 32.2. The molecule has 0 aliphatic heterocycles. The number of sulfone groups is 1. The summed E-state index contributed by atoms with van der Waals surface area (Å²) in [6.45, 7) is 5.65. The van der Waals surface area contributed by atoms with Crippen molar-refractivity contribution in [1.29, 1.82) is 0 Å². The molecule has 0 aliphatic rings. The second-order valence-corrected chi connectivity index (χ2v) is 6.54. The molecule has 96 valence electrons. The Kier molecular flexibility index (Phi) is 6.64. The van der Waals surface area contributed by atoms with E-state index >= 15 is 0 Å². The zero-order chi connectivity index (χ0) is 12.8. The Balaban J connectivity index is 4.69. The largest absolute Gasteiger partial charge is 0.480 e. The van der Waals surface area contributed by atoms with Crippen molar-refractivity contribution >= 4 is 15.8 Å². The lowest BCUT2D eigenvalue weighted by Crippen LogP contribution is -2.33. The van der Waals surface area contributed by atoms with Crippen LogP contribution in [0.1, 0.15) is 46.5 Å². The van der Waals surface area contributed by atoms with Crippen molar-refractivity contribution in [3.63, 3.8) is 0 Å². The lowest BCUT2D eigenvalue weighted by atomic mass is 10.2. The SMILES string of the molecule is CCCCC(C(=O)O)S(=O)(=O)CC(C)CC. The number of carbonyl (C=O) groups is 1. The van der Waals surface area contributed by atoms with E-state index in [1.807, 2.05) is 20.8 Å². The van der Waals surface area contributed by atoms with Gasteiger partial charge >= 0.3 is 5.97 Å². The molecule has 0 radical (unpaired) electrons. The zero-order valence-corrected chi connectivity index (χ0v) is 11.1. The van der Waals surface area contributed by atoms with E-state index in [0.717, 1.165) is 12.8 Å². The third kappa shape index (κ3) is 4.96. The molecule has 0 saturated carbocycles. The van der Waals surface area contributed by atoms with Crippen molar-refractivity contribution < 1.29 is 18.3 Å². The average molecular weight is 250 g/mol. The van der Waals surface area contributed by atoms with Crippen molar-refractivity contribution in [3.8, 4) is 0 Å². The summed E-state index contributed by atoms with van der Waals surface area (Å²) >= 11 is 0. The minimum Gasteiger partial charge on any atom is -0.480 e. The number of unbranched alkanes of at least 4 members (excludes halogenated alkanes) is 1. The third-order valence-corrected chi connectivity index (χ3v) is 5.08. The molecule has 2 unspecified atom stereocenters. The fourth-order valence-corrected chi connectivity index (χ4v) is 3.57. The van der Waals surface area contributed by atoms with Crippen LogP contribution in [0.5, 0.6) is 0 Å². The molecule has 0 bridgehead atoms. The van der Waals surface area contributed by atoms with E-state index in [2.05, 4.69) is 0 Å². The highest BCUT2D eigenvalue weighted by molar-refractivity contribution is 7.92. The van der Waals surface area contributed by atoms with Gasteiger partial charge in [0.2, 0.25) is 0 Å². The van der Waals surface area contributed by atoms with Gasteiger partial charge in [-0.15, -0.1) is 0 Å². The normalized spacial score (nSPS) is 15.7. The van der Waals surface area contributed by atoms with E-state index in [1.165, 1.54) is 0 Å². The molecule has 0 spiro atoms. The summed E-state index contributed by atoms with van der Waals surface area (Å²) in [6, 6.07) is 0. The average Bonchev–Trinajstić information content (AvgIpc) is 2.16. The molecule has 16 heavy (non-hydrogen) atoms. The molecule has 0 aromatic rings. The van der Waals surface area contributed by atoms with Gasteiger partial charge in [-0.05, 0) is 12.3 Å². The molecule has 4 nitrogen and oxygen atoms in total. The van der Waals surface area contributed by atoms with Crippen molar-refractivity contribution in [2.75, 3.05) is 5.75 Å². The first-order chi connectivity index (χ1) is 7.35. The minimum atomic E-state index is -3.50. The molecule has 0 fully saturated rings. The maximum atomic E-state index is 11.9. The molecule has 0 saturated heterocycles. The Hall–Kier alpha value is -0.580. The topological polar surface area (TPSA) is 71.4 Å². The second kappa shape index (κ2) is 6.89. The van der Waals surface area contributed by atoms with E-state index < -0.39 is 21.1 Å². The van der Waals surface area contributed by atoms with Gasteiger partial charge in [0.05, 0.1) is 5.75 Å². The molecule has 0 heterocycles. The molecule has 2 atom stereocenters. The van der Waals surface area contributed by atoms with Crippen LogP contribution in [0.25, 0.3) is 0 Å². The lowest BCUT2D eigenvalue weighted by Gasteiger charge is -2.15. The van der Waals surface area contributed by atoms with Crippen molar-refractivity contribution in [2.45, 2.75) is 51.7 Å². The number of carboxylic acid groups (broad SMARTS) is 1. The molecular formula is C11H22O4S. The van der Waals surface area contributed by atoms with Gasteiger partial charge in [-0.25, -0.2) is 8.42 Å². The van der Waals surface area contributed by atoms with Crippen LogP contribution < -0.4 is 0 Å². The van der Waals surface area contributed by atoms with Gasteiger partial charge in [0.1, 0.15) is 0 Å². The Morgan fingerprint density at radius 2 is 1.88 bits per heavy atom. The lowest BCUT2D eigenvalue weighted by molar-refractivity contribution is -0.136. The van der Waals surface area contributed by atoms with Gasteiger partial charge in [-0.2, -0.15) is 0 Å². The first kappa shape index (κ1) is 15.4. The maximum absolute atomic E-state index is 11.9. The Labute approximate surface area is 98.0 Å². The van der Waals surface area contributed by atoms with Gasteiger partial charge in [-0.3, -0.25) is 4.79 Å². The van der Waals surface area contributed by atoms with Crippen LogP contribution in [0, 0.1) is 5.92 Å². The predicted octanol–water partition coefficient (Wildman–Crippen LogP) is 2.09. The van der Waals surface area contributed by atoms with Gasteiger partial charge in [0.25, 0.3) is 0 Å². The number of hydrogen-bond acceptors (Lipinski definition) is 3. The van der Waals surface area contributed by atoms with E-state index in [9.17, 15) is 13.2 Å². The van der Waals surface area contributed by atoms with Crippen LogP contribution in [0.3, 0.4) is 0 Å². The second-order valence-electron chi connectivity index (χ2n) is 4.31. The zero-order valence-electron chi connectivity index (χ0n) is 10.3. The number of rotatable bonds is 8. The molecule has 0 rings (SSSR count). The van der Waals surface area contributed by atoms with E-state index in [1.54, 1.807) is 0 Å². The number of carboxylic acids is 1. The number of aliphatic carboxylic acids is 1. The first-order valence-electron chi connectivity index (χ1n) is 5.79. The van der Waals surface area contributed by atoms with Crippen LogP contribution in [0.15, 0.2) is 0 Å². The standard InChI is InChI=1S/C11H22O4S/c1-4-6-7-10(11(12)13)16(14,15)8-9(3)5-2/h9-10H,4-8H2,1-3H3,(H,12,13). The van der Waals surface area contributed by atoms with Gasteiger partial charge in [0, 0.05) is 0 Å². The fourth-order valence-electron chi connectivity index (χ4n) is 1.48. The smallest absolute Gasteiger partial charge is 0.321 e. The van der Waals surface area contributed by atoms with Crippen LogP contribution in [-0.4, -0.2) is 30.5 Å². The minimum absolute atomic E-state index is 0.0217. The molecule has 0 aromatic carbocycles. The number of hydrogen-bond donors (Lipinski definition) is 1. The van der Waals surface area contributed by atoms with E-state index in [4.69, 9.17) is 5.11 Å². The summed E-state index contributed by atoms with van der Waals surface area (Å²) in [5.74, 6) is -1.21. The van der Waals surface area contributed by atoms with Crippen LogP contribution in [0.2, 0.25) is 0 Å². The van der Waals surface area contributed by atoms with Crippen molar-refractivity contribution in [1.82, 2.24) is 0 Å². The predicted molar refractivity (Wildman–Crippen MR) is 64.2 cm³/mol. The van der Waals surface area contributed by atoms with Gasteiger partial charge in [0.15, 0.2) is 15.1 Å². The first-order valence-corrected chi connectivity index (χ1v) is 7.51. The molecule has 0 aromatic heterocycles. The molecular weight excluding hydrogens is 228 g/mol. The van der Waals surface area contributed by atoms with Gasteiger partial charge in [-0.1, -0.05) is 40.0 Å². The third-order valence-electron chi connectivity index (χ3n) is 2.74. The van der Waals surface area contributed by atoms with Crippen molar-refractivity contribution in [3.05, 3.63) is 0 Å².